The van der Waals surface area contributed by atoms with Crippen molar-refractivity contribution in [2.75, 3.05) is 54.4 Å². The molecule has 1 unspecified atom stereocenters. The van der Waals surface area contributed by atoms with E-state index in [0.717, 1.165) is 39.0 Å². The summed E-state index contributed by atoms with van der Waals surface area (Å²) in [6.07, 6.45) is 1.99. The molecule has 5 nitrogen and oxygen atoms in total. The van der Waals surface area contributed by atoms with Crippen LogP contribution < -0.4 is 5.73 Å². The molecule has 0 aromatic carbocycles. The average molecular weight is 295 g/mol. The Labute approximate surface area is 124 Å². The smallest absolute Gasteiger partial charge is 0.239 e. The Morgan fingerprint density at radius 3 is 1.58 bits per heavy atom. The first-order valence-corrected chi connectivity index (χ1v) is 6.68. The van der Waals surface area contributed by atoms with Crippen LogP contribution in [0, 0.1) is 0 Å². The maximum Gasteiger partial charge on any atom is 0.239 e. The summed E-state index contributed by atoms with van der Waals surface area (Å²) in [4.78, 5) is 18.1. The van der Waals surface area contributed by atoms with Crippen LogP contribution in [-0.4, -0.2) is 81.0 Å². The molecule has 0 aromatic rings. The van der Waals surface area contributed by atoms with Crippen molar-refractivity contribution >= 4 is 18.3 Å². The van der Waals surface area contributed by atoms with E-state index in [4.69, 9.17) is 5.73 Å². The van der Waals surface area contributed by atoms with Crippen LogP contribution in [0.3, 0.4) is 0 Å². The highest BCUT2D eigenvalue weighted by Gasteiger charge is 2.16. The molecule has 1 atom stereocenters. The molecule has 6 heteroatoms. The first-order chi connectivity index (χ1) is 8.34. The van der Waals surface area contributed by atoms with Gasteiger partial charge in [0, 0.05) is 13.1 Å². The fraction of sp³-hybridized carbons (Fsp3) is 0.923. The van der Waals surface area contributed by atoms with Gasteiger partial charge >= 0.3 is 0 Å². The zero-order valence-electron chi connectivity index (χ0n) is 13.1. The summed E-state index contributed by atoms with van der Waals surface area (Å²) < 4.78 is 0. The summed E-state index contributed by atoms with van der Waals surface area (Å²) in [5, 5.41) is 0. The van der Waals surface area contributed by atoms with Crippen LogP contribution in [0.4, 0.5) is 0 Å². The second kappa shape index (κ2) is 11.5. The van der Waals surface area contributed by atoms with E-state index in [0.29, 0.717) is 0 Å². The molecule has 0 saturated carbocycles. The molecule has 0 fully saturated rings. The zero-order chi connectivity index (χ0) is 14.1. The number of rotatable bonds is 9. The number of amides is 1. The predicted molar refractivity (Wildman–Crippen MR) is 83.8 cm³/mol. The van der Waals surface area contributed by atoms with Crippen LogP contribution in [0.25, 0.3) is 0 Å². The maximum absolute atomic E-state index is 12.0. The van der Waals surface area contributed by atoms with Crippen molar-refractivity contribution in [3.63, 3.8) is 0 Å². The van der Waals surface area contributed by atoms with Crippen LogP contribution in [0.1, 0.15) is 19.8 Å². The van der Waals surface area contributed by atoms with E-state index >= 15 is 0 Å². The molecule has 0 radical (unpaired) electrons. The standard InChI is InChI=1S/C13H30N4O.ClH/c1-12(14)13(18)17(10-6-8-15(2)3)11-7-9-16(4)5;/h12H,6-11,14H2,1-5H3;1H. The van der Waals surface area contributed by atoms with Gasteiger partial charge in [-0.3, -0.25) is 4.79 Å². The van der Waals surface area contributed by atoms with E-state index in [9.17, 15) is 4.79 Å². The van der Waals surface area contributed by atoms with Gasteiger partial charge in [0.25, 0.3) is 0 Å². The number of hydrogen-bond donors (Lipinski definition) is 1. The highest BCUT2D eigenvalue weighted by molar-refractivity contribution is 5.85. The Hall–Kier alpha value is -0.360. The SMILES string of the molecule is CC(N)C(=O)N(CCCN(C)C)CCCN(C)C.Cl. The number of carbonyl (C=O) groups excluding carboxylic acids is 1. The van der Waals surface area contributed by atoms with E-state index in [2.05, 4.69) is 9.80 Å². The topological polar surface area (TPSA) is 52.8 Å². The van der Waals surface area contributed by atoms with E-state index in [1.165, 1.54) is 0 Å². The maximum atomic E-state index is 12.0. The highest BCUT2D eigenvalue weighted by Crippen LogP contribution is 1.99. The summed E-state index contributed by atoms with van der Waals surface area (Å²) in [5.41, 5.74) is 5.69. The molecular weight excluding hydrogens is 264 g/mol. The monoisotopic (exact) mass is 294 g/mol. The Balaban J connectivity index is 0. The minimum Gasteiger partial charge on any atom is -0.341 e. The number of hydrogen-bond acceptors (Lipinski definition) is 4. The van der Waals surface area contributed by atoms with E-state index in [1.54, 1.807) is 6.92 Å². The fourth-order valence-electron chi connectivity index (χ4n) is 1.78. The van der Waals surface area contributed by atoms with Crippen LogP contribution in [0.2, 0.25) is 0 Å². The molecule has 2 N–H and O–H groups in total. The lowest BCUT2D eigenvalue weighted by atomic mass is 10.2. The van der Waals surface area contributed by atoms with Crippen molar-refractivity contribution in [2.24, 2.45) is 5.73 Å². The normalized spacial score (nSPS) is 12.4. The minimum atomic E-state index is -0.399. The number of nitrogens with two attached hydrogens (primary N) is 1. The van der Waals surface area contributed by atoms with Crippen molar-refractivity contribution < 1.29 is 4.79 Å². The molecule has 1 amide bonds. The van der Waals surface area contributed by atoms with Crippen LogP contribution in [0.5, 0.6) is 0 Å². The Bertz CT molecular complexity index is 221. The second-order valence-corrected chi connectivity index (χ2v) is 5.43. The first-order valence-electron chi connectivity index (χ1n) is 6.68. The summed E-state index contributed by atoms with van der Waals surface area (Å²) in [7, 11) is 8.18. The molecule has 19 heavy (non-hydrogen) atoms. The summed E-state index contributed by atoms with van der Waals surface area (Å²) in [6.45, 7) is 5.35. The van der Waals surface area contributed by atoms with Crippen LogP contribution in [0.15, 0.2) is 0 Å². The van der Waals surface area contributed by atoms with Crippen molar-refractivity contribution in [1.29, 1.82) is 0 Å². The van der Waals surface area contributed by atoms with Crippen LogP contribution in [-0.2, 0) is 4.79 Å². The molecule has 0 bridgehead atoms. The van der Waals surface area contributed by atoms with Gasteiger partial charge in [0.2, 0.25) is 5.91 Å². The predicted octanol–water partition coefficient (Wildman–Crippen LogP) is 0.487. The molecule has 116 valence electrons. The van der Waals surface area contributed by atoms with Gasteiger partial charge in [0.05, 0.1) is 6.04 Å². The Morgan fingerprint density at radius 1 is 0.947 bits per heavy atom. The lowest BCUT2D eigenvalue weighted by Gasteiger charge is -2.25. The zero-order valence-corrected chi connectivity index (χ0v) is 13.9. The number of carbonyl (C=O) groups is 1. The van der Waals surface area contributed by atoms with Gasteiger partial charge in [-0.1, -0.05) is 0 Å². The molecule has 0 spiro atoms. The van der Waals surface area contributed by atoms with Gasteiger partial charge in [-0.25, -0.2) is 0 Å². The Kier molecular flexibility index (Phi) is 12.6. The van der Waals surface area contributed by atoms with Gasteiger partial charge in [-0.15, -0.1) is 12.4 Å². The van der Waals surface area contributed by atoms with Gasteiger partial charge in [0.1, 0.15) is 0 Å². The summed E-state index contributed by atoms with van der Waals surface area (Å²) >= 11 is 0. The third kappa shape index (κ3) is 11.2. The molecule has 0 aliphatic rings. The number of halogens is 1. The molecule has 0 aromatic heterocycles. The third-order valence-electron chi connectivity index (χ3n) is 2.77. The molecule has 0 aliphatic heterocycles. The van der Waals surface area contributed by atoms with Crippen LogP contribution >= 0.6 is 12.4 Å². The fourth-order valence-corrected chi connectivity index (χ4v) is 1.78. The number of nitrogens with zero attached hydrogens (tertiary/aromatic N) is 3. The third-order valence-corrected chi connectivity index (χ3v) is 2.77. The molecule has 0 aliphatic carbocycles. The van der Waals surface area contributed by atoms with Crippen molar-refractivity contribution in [3.8, 4) is 0 Å². The van der Waals surface area contributed by atoms with Gasteiger partial charge in [0.15, 0.2) is 0 Å². The van der Waals surface area contributed by atoms with Gasteiger partial charge < -0.3 is 20.4 Å². The quantitative estimate of drug-likeness (QED) is 0.672. The average Bonchev–Trinajstić information content (AvgIpc) is 2.25. The second-order valence-electron chi connectivity index (χ2n) is 5.43. The van der Waals surface area contributed by atoms with Crippen molar-refractivity contribution in [1.82, 2.24) is 14.7 Å². The van der Waals surface area contributed by atoms with E-state index in [1.807, 2.05) is 33.1 Å². The van der Waals surface area contributed by atoms with E-state index in [-0.39, 0.29) is 18.3 Å². The van der Waals surface area contributed by atoms with Crippen molar-refractivity contribution in [2.45, 2.75) is 25.8 Å². The van der Waals surface area contributed by atoms with Crippen molar-refractivity contribution in [3.05, 3.63) is 0 Å². The summed E-state index contributed by atoms with van der Waals surface area (Å²) in [6, 6.07) is -0.399. The molecular formula is C13H31ClN4O. The minimum absolute atomic E-state index is 0. The molecule has 0 saturated heterocycles. The highest BCUT2D eigenvalue weighted by atomic mass is 35.5. The molecule has 0 rings (SSSR count). The summed E-state index contributed by atoms with van der Waals surface area (Å²) in [5.74, 6) is 0.0625. The lowest BCUT2D eigenvalue weighted by Crippen LogP contribution is -2.44. The lowest BCUT2D eigenvalue weighted by molar-refractivity contribution is -0.132. The van der Waals surface area contributed by atoms with E-state index < -0.39 is 6.04 Å². The largest absolute Gasteiger partial charge is 0.341 e. The van der Waals surface area contributed by atoms with Gasteiger partial charge in [-0.2, -0.15) is 0 Å². The Morgan fingerprint density at radius 2 is 1.32 bits per heavy atom. The first kappa shape index (κ1) is 20.9. The molecule has 0 heterocycles. The van der Waals surface area contributed by atoms with Gasteiger partial charge in [-0.05, 0) is 61.0 Å².